The van der Waals surface area contributed by atoms with Gasteiger partial charge >= 0.3 is 0 Å². The van der Waals surface area contributed by atoms with Gasteiger partial charge in [-0.3, -0.25) is 0 Å². The Morgan fingerprint density at radius 1 is 1.28 bits per heavy atom. The highest BCUT2D eigenvalue weighted by Gasteiger charge is 2.30. The molecule has 1 aromatic carbocycles. The lowest BCUT2D eigenvalue weighted by atomic mass is 9.85. The van der Waals surface area contributed by atoms with E-state index in [1.165, 1.54) is 6.42 Å². The molecule has 0 aromatic heterocycles. The molecule has 0 radical (unpaired) electrons. The van der Waals surface area contributed by atoms with E-state index in [4.69, 9.17) is 10.5 Å². The number of benzene rings is 1. The fraction of sp³-hybridized carbons (Fsp3) is 0.571. The summed E-state index contributed by atoms with van der Waals surface area (Å²) in [6.07, 6.45) is 5.06. The van der Waals surface area contributed by atoms with E-state index >= 15 is 0 Å². The number of nitrogens with two attached hydrogens (primary N) is 1. The number of ether oxygens (including phenoxy) is 1. The molecule has 1 fully saturated rings. The predicted octanol–water partition coefficient (Wildman–Crippen LogP) is 2.98. The molecule has 1 aliphatic rings. The van der Waals surface area contributed by atoms with E-state index < -0.39 is 5.60 Å². The molecule has 0 heterocycles. The van der Waals surface area contributed by atoms with Crippen LogP contribution in [0.3, 0.4) is 0 Å². The molecule has 0 bridgehead atoms. The molecular formula is C14H20BrNO2. The van der Waals surface area contributed by atoms with Gasteiger partial charge in [-0.2, -0.15) is 0 Å². The van der Waals surface area contributed by atoms with Gasteiger partial charge in [-0.25, -0.2) is 0 Å². The van der Waals surface area contributed by atoms with Crippen LogP contribution in [0.25, 0.3) is 0 Å². The standard InChI is InChI=1S/C14H20BrNO2/c15-12-4-5-13(11(8-12)9-16)18-10-14(17)6-2-1-3-7-14/h4-5,8,17H,1-3,6-7,9-10,16H2. The molecule has 2 rings (SSSR count). The van der Waals surface area contributed by atoms with Gasteiger partial charge in [0.1, 0.15) is 12.4 Å². The maximum atomic E-state index is 10.4. The smallest absolute Gasteiger partial charge is 0.124 e. The Bertz CT molecular complexity index is 403. The quantitative estimate of drug-likeness (QED) is 0.898. The molecule has 1 saturated carbocycles. The summed E-state index contributed by atoms with van der Waals surface area (Å²) in [4.78, 5) is 0. The second-order valence-electron chi connectivity index (χ2n) is 5.03. The maximum Gasteiger partial charge on any atom is 0.124 e. The molecule has 18 heavy (non-hydrogen) atoms. The van der Waals surface area contributed by atoms with Crippen molar-refractivity contribution in [2.45, 2.75) is 44.2 Å². The van der Waals surface area contributed by atoms with E-state index in [1.54, 1.807) is 0 Å². The Balaban J connectivity index is 2.01. The Kier molecular flexibility index (Phi) is 4.65. The lowest BCUT2D eigenvalue weighted by Crippen LogP contribution is -2.38. The van der Waals surface area contributed by atoms with E-state index in [2.05, 4.69) is 15.9 Å². The van der Waals surface area contributed by atoms with E-state index in [9.17, 15) is 5.11 Å². The second-order valence-corrected chi connectivity index (χ2v) is 5.95. The molecule has 100 valence electrons. The highest BCUT2D eigenvalue weighted by molar-refractivity contribution is 9.10. The third-order valence-corrected chi connectivity index (χ3v) is 4.02. The minimum Gasteiger partial charge on any atom is -0.490 e. The summed E-state index contributed by atoms with van der Waals surface area (Å²) in [6.45, 7) is 0.800. The third-order valence-electron chi connectivity index (χ3n) is 3.52. The normalized spacial score (nSPS) is 18.6. The van der Waals surface area contributed by atoms with Crippen LogP contribution in [0.4, 0.5) is 0 Å². The number of hydrogen-bond donors (Lipinski definition) is 2. The third kappa shape index (κ3) is 3.46. The van der Waals surface area contributed by atoms with Gasteiger partial charge in [0, 0.05) is 16.6 Å². The Morgan fingerprint density at radius 2 is 2.00 bits per heavy atom. The highest BCUT2D eigenvalue weighted by atomic mass is 79.9. The number of hydrogen-bond acceptors (Lipinski definition) is 3. The summed E-state index contributed by atoms with van der Waals surface area (Å²) >= 11 is 3.41. The van der Waals surface area contributed by atoms with E-state index in [-0.39, 0.29) is 0 Å². The largest absolute Gasteiger partial charge is 0.490 e. The summed E-state index contributed by atoms with van der Waals surface area (Å²) in [7, 11) is 0. The van der Waals surface area contributed by atoms with Crippen LogP contribution in [0.5, 0.6) is 5.75 Å². The summed E-state index contributed by atoms with van der Waals surface area (Å²) in [5, 5.41) is 10.4. The molecule has 4 heteroatoms. The molecule has 0 unspecified atom stereocenters. The van der Waals surface area contributed by atoms with Crippen molar-refractivity contribution < 1.29 is 9.84 Å². The van der Waals surface area contributed by atoms with Crippen molar-refractivity contribution in [2.24, 2.45) is 5.73 Å². The lowest BCUT2D eigenvalue weighted by Gasteiger charge is -2.32. The van der Waals surface area contributed by atoms with Crippen molar-refractivity contribution in [3.05, 3.63) is 28.2 Å². The fourth-order valence-electron chi connectivity index (χ4n) is 2.41. The maximum absolute atomic E-state index is 10.4. The summed E-state index contributed by atoms with van der Waals surface area (Å²) in [5.74, 6) is 0.777. The topological polar surface area (TPSA) is 55.5 Å². The van der Waals surface area contributed by atoms with E-state index in [1.807, 2.05) is 18.2 Å². The van der Waals surface area contributed by atoms with Crippen LogP contribution in [0.15, 0.2) is 22.7 Å². The first-order valence-electron chi connectivity index (χ1n) is 6.47. The van der Waals surface area contributed by atoms with Crippen LogP contribution in [0.2, 0.25) is 0 Å². The number of rotatable bonds is 4. The average molecular weight is 314 g/mol. The van der Waals surface area contributed by atoms with Crippen LogP contribution < -0.4 is 10.5 Å². The van der Waals surface area contributed by atoms with E-state index in [0.717, 1.165) is 41.5 Å². The zero-order valence-electron chi connectivity index (χ0n) is 10.5. The lowest BCUT2D eigenvalue weighted by molar-refractivity contribution is -0.0341. The van der Waals surface area contributed by atoms with Gasteiger partial charge in [-0.1, -0.05) is 35.2 Å². The average Bonchev–Trinajstić information content (AvgIpc) is 2.38. The van der Waals surface area contributed by atoms with Crippen molar-refractivity contribution in [3.63, 3.8) is 0 Å². The summed E-state index contributed by atoms with van der Waals surface area (Å²) in [6, 6.07) is 5.79. The first-order chi connectivity index (χ1) is 8.63. The number of aliphatic hydroxyl groups is 1. The molecule has 1 aliphatic carbocycles. The van der Waals surface area contributed by atoms with Crippen molar-refractivity contribution in [1.29, 1.82) is 0 Å². The molecule has 3 N–H and O–H groups in total. The fourth-order valence-corrected chi connectivity index (χ4v) is 2.82. The van der Waals surface area contributed by atoms with Crippen molar-refractivity contribution >= 4 is 15.9 Å². The van der Waals surface area contributed by atoms with Gasteiger partial charge in [0.15, 0.2) is 0 Å². The Hall–Kier alpha value is -0.580. The van der Waals surface area contributed by atoms with Crippen molar-refractivity contribution in [1.82, 2.24) is 0 Å². The van der Waals surface area contributed by atoms with E-state index in [0.29, 0.717) is 13.2 Å². The second kappa shape index (κ2) is 6.04. The van der Waals surface area contributed by atoms with Gasteiger partial charge in [0.2, 0.25) is 0 Å². The monoisotopic (exact) mass is 313 g/mol. The summed E-state index contributed by atoms with van der Waals surface area (Å²) in [5.41, 5.74) is 6.00. The summed E-state index contributed by atoms with van der Waals surface area (Å²) < 4.78 is 6.77. The first kappa shape index (κ1) is 13.8. The molecule has 1 aromatic rings. The molecular weight excluding hydrogens is 294 g/mol. The molecule has 0 atom stereocenters. The van der Waals surface area contributed by atoms with Crippen LogP contribution >= 0.6 is 15.9 Å². The van der Waals surface area contributed by atoms with Crippen molar-refractivity contribution in [2.75, 3.05) is 6.61 Å². The van der Waals surface area contributed by atoms with Crippen LogP contribution in [-0.4, -0.2) is 17.3 Å². The zero-order valence-corrected chi connectivity index (χ0v) is 12.1. The van der Waals surface area contributed by atoms with Crippen molar-refractivity contribution in [3.8, 4) is 5.75 Å². The Morgan fingerprint density at radius 3 is 2.67 bits per heavy atom. The van der Waals surface area contributed by atoms with Crippen LogP contribution in [-0.2, 0) is 6.54 Å². The SMILES string of the molecule is NCc1cc(Br)ccc1OCC1(O)CCCCC1. The van der Waals surface area contributed by atoms with Gasteiger partial charge < -0.3 is 15.6 Å². The highest BCUT2D eigenvalue weighted by Crippen LogP contribution is 2.30. The minimum absolute atomic E-state index is 0.363. The zero-order chi connectivity index (χ0) is 13.0. The number of halogens is 1. The van der Waals surface area contributed by atoms with Gasteiger partial charge in [-0.05, 0) is 31.0 Å². The van der Waals surface area contributed by atoms with Crippen LogP contribution in [0, 0.1) is 0 Å². The molecule has 0 spiro atoms. The first-order valence-corrected chi connectivity index (χ1v) is 7.26. The van der Waals surface area contributed by atoms with Crippen LogP contribution in [0.1, 0.15) is 37.7 Å². The minimum atomic E-state index is -0.656. The molecule has 3 nitrogen and oxygen atoms in total. The molecule has 0 amide bonds. The molecule has 0 aliphatic heterocycles. The predicted molar refractivity (Wildman–Crippen MR) is 75.6 cm³/mol. The molecule has 0 saturated heterocycles. The van der Waals surface area contributed by atoms with Gasteiger partial charge in [-0.15, -0.1) is 0 Å². The Labute approximate surface area is 116 Å². The van der Waals surface area contributed by atoms with Gasteiger partial charge in [0.05, 0.1) is 5.60 Å². The van der Waals surface area contributed by atoms with Gasteiger partial charge in [0.25, 0.3) is 0 Å².